The van der Waals surface area contributed by atoms with Crippen molar-refractivity contribution in [3.8, 4) is 5.75 Å². The lowest BCUT2D eigenvalue weighted by atomic mass is 9.85. The van der Waals surface area contributed by atoms with E-state index in [0.717, 1.165) is 43.1 Å². The van der Waals surface area contributed by atoms with E-state index in [1.165, 1.54) is 6.07 Å². The molecule has 1 amide bonds. The summed E-state index contributed by atoms with van der Waals surface area (Å²) in [5.41, 5.74) is 0.257. The van der Waals surface area contributed by atoms with Gasteiger partial charge in [0.15, 0.2) is 5.78 Å². The van der Waals surface area contributed by atoms with Crippen LogP contribution in [0.15, 0.2) is 30.4 Å². The molecular formula is C34H41FN2O5. The number of carbonyl (C=O) groups is 3. The van der Waals surface area contributed by atoms with Crippen LogP contribution in [-0.4, -0.2) is 52.3 Å². The third-order valence-corrected chi connectivity index (χ3v) is 10.0. The van der Waals surface area contributed by atoms with E-state index < -0.39 is 17.1 Å². The summed E-state index contributed by atoms with van der Waals surface area (Å²) in [5, 5.41) is 0.739. The highest BCUT2D eigenvalue weighted by atomic mass is 19.1. The van der Waals surface area contributed by atoms with Crippen molar-refractivity contribution in [2.75, 3.05) is 13.2 Å². The summed E-state index contributed by atoms with van der Waals surface area (Å²) in [6, 6.07) is 4.29. The Hall–Kier alpha value is -3.29. The smallest absolute Gasteiger partial charge is 0.313 e. The largest absolute Gasteiger partial charge is 0.483 e. The van der Waals surface area contributed by atoms with E-state index >= 15 is 0 Å². The fraction of sp³-hybridized carbons (Fsp3) is 0.588. The maximum atomic E-state index is 14.6. The molecule has 5 atom stereocenters. The molecule has 1 unspecified atom stereocenters. The Morgan fingerprint density at radius 3 is 2.86 bits per heavy atom. The van der Waals surface area contributed by atoms with Crippen molar-refractivity contribution in [3.63, 3.8) is 0 Å². The van der Waals surface area contributed by atoms with Crippen molar-refractivity contribution < 1.29 is 28.2 Å². The molecule has 224 valence electrons. The number of Topliss-reactive ketones (excluding diaryl/α,β-unsaturated/α-hetero) is 1. The van der Waals surface area contributed by atoms with Crippen LogP contribution in [0.1, 0.15) is 82.9 Å². The number of ketones is 1. The van der Waals surface area contributed by atoms with E-state index in [-0.39, 0.29) is 48.3 Å². The number of hydrogen-bond acceptors (Lipinski definition) is 6. The van der Waals surface area contributed by atoms with Crippen molar-refractivity contribution in [1.29, 1.82) is 0 Å². The number of ether oxygens (including phenoxy) is 2. The first-order chi connectivity index (χ1) is 20.2. The summed E-state index contributed by atoms with van der Waals surface area (Å²) in [6.45, 7) is 6.13. The van der Waals surface area contributed by atoms with Crippen molar-refractivity contribution in [2.45, 2.75) is 96.6 Å². The minimum absolute atomic E-state index is 0.0238. The molecule has 0 N–H and O–H groups in total. The Kier molecular flexibility index (Phi) is 7.60. The predicted octanol–water partition coefficient (Wildman–Crippen LogP) is 6.03. The van der Waals surface area contributed by atoms with Gasteiger partial charge in [0, 0.05) is 29.7 Å². The molecule has 0 radical (unpaired) electrons. The van der Waals surface area contributed by atoms with E-state index in [9.17, 15) is 18.8 Å². The number of nitrogens with zero attached hydrogens (tertiary/aromatic N) is 2. The predicted molar refractivity (Wildman–Crippen MR) is 156 cm³/mol. The topological polar surface area (TPSA) is 85.8 Å². The summed E-state index contributed by atoms with van der Waals surface area (Å²) in [6.07, 6.45) is 11.2. The zero-order valence-corrected chi connectivity index (χ0v) is 24.9. The van der Waals surface area contributed by atoms with E-state index in [4.69, 9.17) is 9.47 Å². The first-order valence-electron chi connectivity index (χ1n) is 15.6. The SMILES string of the molecule is CCOC(=O)C12CC(=O)[C@@H]3C[C@]4(CCc5c(c(C)nc6c(F)cccc56)O4)CN3C(=O)[C@@H](C)CCCCC/C=C\[C@@H]1C2. The van der Waals surface area contributed by atoms with Crippen molar-refractivity contribution in [3.05, 3.63) is 47.4 Å². The summed E-state index contributed by atoms with van der Waals surface area (Å²) >= 11 is 0. The maximum Gasteiger partial charge on any atom is 0.313 e. The number of aromatic nitrogens is 1. The van der Waals surface area contributed by atoms with Gasteiger partial charge in [-0.1, -0.05) is 44.1 Å². The Labute approximate surface area is 246 Å². The fourth-order valence-electron chi connectivity index (χ4n) is 7.51. The molecule has 1 saturated carbocycles. The molecule has 1 aliphatic carbocycles. The number of allylic oxidation sites excluding steroid dienone is 2. The highest BCUT2D eigenvalue weighted by Crippen LogP contribution is 2.58. The minimum atomic E-state index is -0.858. The number of aryl methyl sites for hydroxylation is 2. The van der Waals surface area contributed by atoms with Crippen LogP contribution in [0.25, 0.3) is 10.9 Å². The number of fused-ring (bicyclic) bond motifs is 5. The van der Waals surface area contributed by atoms with Gasteiger partial charge in [0.25, 0.3) is 0 Å². The summed E-state index contributed by atoms with van der Waals surface area (Å²) in [5.74, 6) is -0.416. The average molecular weight is 577 g/mol. The summed E-state index contributed by atoms with van der Waals surface area (Å²) in [7, 11) is 0. The van der Waals surface area contributed by atoms with Crippen molar-refractivity contribution in [2.24, 2.45) is 17.3 Å². The molecule has 8 heteroatoms. The zero-order valence-electron chi connectivity index (χ0n) is 24.9. The van der Waals surface area contributed by atoms with E-state index in [1.54, 1.807) is 17.9 Å². The molecule has 3 aliphatic heterocycles. The van der Waals surface area contributed by atoms with Gasteiger partial charge in [-0.15, -0.1) is 0 Å². The Bertz CT molecular complexity index is 1460. The van der Waals surface area contributed by atoms with Gasteiger partial charge < -0.3 is 14.4 Å². The normalized spacial score (nSPS) is 32.3. The van der Waals surface area contributed by atoms with Gasteiger partial charge in [-0.2, -0.15) is 0 Å². The van der Waals surface area contributed by atoms with Gasteiger partial charge >= 0.3 is 5.97 Å². The fourth-order valence-corrected chi connectivity index (χ4v) is 7.51. The monoisotopic (exact) mass is 576 g/mol. The lowest BCUT2D eigenvalue weighted by Gasteiger charge is -2.36. The quantitative estimate of drug-likeness (QED) is 0.321. The highest BCUT2D eigenvalue weighted by molar-refractivity contribution is 5.95. The van der Waals surface area contributed by atoms with Gasteiger partial charge in [0.05, 0.1) is 30.3 Å². The number of amides is 1. The molecule has 1 aromatic carbocycles. The number of carbonyl (C=O) groups excluding carboxylic acids is 3. The Balaban J connectivity index is 1.34. The van der Waals surface area contributed by atoms with Crippen molar-refractivity contribution in [1.82, 2.24) is 9.88 Å². The van der Waals surface area contributed by atoms with Crippen LogP contribution in [0.3, 0.4) is 0 Å². The minimum Gasteiger partial charge on any atom is -0.483 e. The number of rotatable bonds is 2. The van der Waals surface area contributed by atoms with Gasteiger partial charge in [-0.3, -0.25) is 14.4 Å². The lowest BCUT2D eigenvalue weighted by molar-refractivity contribution is -0.152. The zero-order chi connectivity index (χ0) is 29.6. The van der Waals surface area contributed by atoms with Gasteiger partial charge in [-0.25, -0.2) is 9.37 Å². The molecule has 42 heavy (non-hydrogen) atoms. The molecular weight excluding hydrogens is 535 g/mol. The number of para-hydroxylation sites is 1. The molecule has 2 fully saturated rings. The van der Waals surface area contributed by atoms with E-state index in [0.29, 0.717) is 49.2 Å². The Morgan fingerprint density at radius 2 is 2.05 bits per heavy atom. The second-order valence-electron chi connectivity index (χ2n) is 12.9. The molecule has 4 heterocycles. The Morgan fingerprint density at radius 1 is 1.21 bits per heavy atom. The first kappa shape index (κ1) is 28.8. The molecule has 0 bridgehead atoms. The number of benzene rings is 1. The van der Waals surface area contributed by atoms with Crippen LogP contribution >= 0.6 is 0 Å². The summed E-state index contributed by atoms with van der Waals surface area (Å²) < 4.78 is 26.8. The number of halogens is 1. The number of esters is 1. The van der Waals surface area contributed by atoms with Crippen LogP contribution in [0.5, 0.6) is 5.75 Å². The average Bonchev–Trinajstić information content (AvgIpc) is 3.54. The third kappa shape index (κ3) is 5.01. The molecule has 2 aromatic rings. The summed E-state index contributed by atoms with van der Waals surface area (Å²) in [4.78, 5) is 47.5. The second-order valence-corrected chi connectivity index (χ2v) is 12.9. The molecule has 7 nitrogen and oxygen atoms in total. The van der Waals surface area contributed by atoms with Crippen LogP contribution in [0.4, 0.5) is 4.39 Å². The molecule has 4 aliphatic rings. The van der Waals surface area contributed by atoms with Crippen LogP contribution < -0.4 is 4.74 Å². The molecule has 1 aromatic heterocycles. The van der Waals surface area contributed by atoms with E-state index in [2.05, 4.69) is 17.1 Å². The van der Waals surface area contributed by atoms with Crippen molar-refractivity contribution >= 4 is 28.6 Å². The van der Waals surface area contributed by atoms with E-state index in [1.807, 2.05) is 19.9 Å². The second kappa shape index (κ2) is 11.1. The lowest BCUT2D eigenvalue weighted by Crippen LogP contribution is -2.46. The van der Waals surface area contributed by atoms with Gasteiger partial charge in [0.2, 0.25) is 5.91 Å². The van der Waals surface area contributed by atoms with Gasteiger partial charge in [0.1, 0.15) is 22.7 Å². The van der Waals surface area contributed by atoms with Gasteiger partial charge in [-0.05, 0) is 64.4 Å². The molecule has 1 spiro atoms. The first-order valence-corrected chi connectivity index (χ1v) is 15.6. The standard InChI is InChI=1S/C34H41FN2O5/c1-4-41-32(40)34-17-23(34)12-9-7-5-6-8-11-21(2)31(39)37-20-33(18-27(37)28(38)19-34)16-15-25-24-13-10-14-26(35)29(24)36-22(3)30(25)42-33/h9-10,12-14,21,23,27H,4-8,11,15-20H2,1-3H3/b12-9-/t21-,23+,27-,33+,34?/m0/s1. The third-order valence-electron chi connectivity index (χ3n) is 10.0. The number of hydrogen-bond donors (Lipinski definition) is 0. The van der Waals surface area contributed by atoms with Crippen LogP contribution in [0, 0.1) is 30.0 Å². The highest BCUT2D eigenvalue weighted by Gasteiger charge is 2.62. The van der Waals surface area contributed by atoms with Crippen LogP contribution in [-0.2, 0) is 25.5 Å². The number of pyridine rings is 1. The molecule has 6 rings (SSSR count). The maximum absolute atomic E-state index is 14.6. The van der Waals surface area contributed by atoms with Crippen LogP contribution in [0.2, 0.25) is 0 Å². The molecule has 1 saturated heterocycles.